The predicted molar refractivity (Wildman–Crippen MR) is 57.1 cm³/mol. The molecule has 0 aliphatic carbocycles. The molecule has 6 heteroatoms. The molecule has 0 bridgehead atoms. The summed E-state index contributed by atoms with van der Waals surface area (Å²) in [5.74, 6) is -0.570. The highest BCUT2D eigenvalue weighted by molar-refractivity contribution is 6.39. The Balaban J connectivity index is 2.90. The Kier molecular flexibility index (Phi) is 4.17. The van der Waals surface area contributed by atoms with Crippen molar-refractivity contribution in [2.75, 3.05) is 11.9 Å². The molecule has 0 saturated carbocycles. The van der Waals surface area contributed by atoms with Gasteiger partial charge in [-0.15, -0.1) is 0 Å². The summed E-state index contributed by atoms with van der Waals surface area (Å²) in [6.45, 7) is 1.88. The lowest BCUT2D eigenvalue weighted by molar-refractivity contribution is 0.168. The third kappa shape index (κ3) is 3.25. The molecule has 82 valence electrons. The zero-order valence-corrected chi connectivity index (χ0v) is 9.32. The van der Waals surface area contributed by atoms with Crippen molar-refractivity contribution < 1.29 is 13.9 Å². The highest BCUT2D eigenvalue weighted by atomic mass is 35.5. The molecule has 1 rings (SSSR count). The number of amides is 1. The molecule has 1 aromatic carbocycles. The summed E-state index contributed by atoms with van der Waals surface area (Å²) in [5, 5.41) is 2.36. The van der Waals surface area contributed by atoms with Crippen LogP contribution in [0.3, 0.4) is 0 Å². The highest BCUT2D eigenvalue weighted by Crippen LogP contribution is 2.31. The van der Waals surface area contributed by atoms with Crippen LogP contribution in [0, 0.1) is 5.82 Å². The third-order valence-corrected chi connectivity index (χ3v) is 2.11. The maximum absolute atomic E-state index is 12.8. The fraction of sp³-hybridized carbons (Fsp3) is 0.222. The van der Waals surface area contributed by atoms with Crippen LogP contribution in [0.2, 0.25) is 10.0 Å². The Morgan fingerprint density at radius 3 is 2.47 bits per heavy atom. The first-order valence-corrected chi connectivity index (χ1v) is 4.88. The van der Waals surface area contributed by atoms with Crippen molar-refractivity contribution in [2.24, 2.45) is 0 Å². The summed E-state index contributed by atoms with van der Waals surface area (Å²) in [6.07, 6.45) is -0.687. The van der Waals surface area contributed by atoms with E-state index in [-0.39, 0.29) is 22.3 Å². The number of nitrogens with one attached hydrogen (secondary N) is 1. The molecule has 1 aromatic rings. The van der Waals surface area contributed by atoms with Crippen LogP contribution in [0.5, 0.6) is 0 Å². The van der Waals surface area contributed by atoms with Crippen molar-refractivity contribution in [1.82, 2.24) is 0 Å². The van der Waals surface area contributed by atoms with Crippen LogP contribution < -0.4 is 5.32 Å². The smallest absolute Gasteiger partial charge is 0.411 e. The van der Waals surface area contributed by atoms with Gasteiger partial charge in [0.15, 0.2) is 0 Å². The second-order valence-corrected chi connectivity index (χ2v) is 3.40. The lowest BCUT2D eigenvalue weighted by Crippen LogP contribution is -2.14. The van der Waals surface area contributed by atoms with E-state index in [1.165, 1.54) is 0 Å². The minimum Gasteiger partial charge on any atom is -0.450 e. The van der Waals surface area contributed by atoms with E-state index < -0.39 is 11.9 Å². The maximum atomic E-state index is 12.8. The van der Waals surface area contributed by atoms with Crippen molar-refractivity contribution >= 4 is 35.0 Å². The van der Waals surface area contributed by atoms with Crippen LogP contribution >= 0.6 is 23.2 Å². The van der Waals surface area contributed by atoms with Gasteiger partial charge in [-0.3, -0.25) is 5.32 Å². The van der Waals surface area contributed by atoms with Gasteiger partial charge in [0, 0.05) is 0 Å². The zero-order valence-electron chi connectivity index (χ0n) is 7.81. The molecular formula is C9H8Cl2FNO2. The monoisotopic (exact) mass is 251 g/mol. The average molecular weight is 252 g/mol. The molecule has 0 radical (unpaired) electrons. The summed E-state index contributed by atoms with van der Waals surface area (Å²) in [7, 11) is 0. The number of anilines is 1. The number of rotatable bonds is 2. The van der Waals surface area contributed by atoms with Gasteiger partial charge >= 0.3 is 6.09 Å². The molecular weight excluding hydrogens is 244 g/mol. The summed E-state index contributed by atoms with van der Waals surface area (Å²) in [4.78, 5) is 11.1. The van der Waals surface area contributed by atoms with Gasteiger partial charge in [0.25, 0.3) is 0 Å². The van der Waals surface area contributed by atoms with Crippen LogP contribution in [0.1, 0.15) is 6.92 Å². The van der Waals surface area contributed by atoms with E-state index in [1.807, 2.05) is 0 Å². The number of carbonyl (C=O) groups is 1. The van der Waals surface area contributed by atoms with Crippen molar-refractivity contribution in [1.29, 1.82) is 0 Å². The SMILES string of the molecule is CCOC(=O)Nc1c(Cl)cc(F)cc1Cl. The van der Waals surface area contributed by atoms with E-state index in [0.717, 1.165) is 12.1 Å². The Morgan fingerprint density at radius 1 is 1.47 bits per heavy atom. The van der Waals surface area contributed by atoms with Crippen molar-refractivity contribution in [3.05, 3.63) is 28.0 Å². The molecule has 15 heavy (non-hydrogen) atoms. The molecule has 0 unspecified atom stereocenters. The number of hydrogen-bond donors (Lipinski definition) is 1. The minimum absolute atomic E-state index is 0.0213. The number of ether oxygens (including phenoxy) is 1. The molecule has 1 N–H and O–H groups in total. The van der Waals surface area contributed by atoms with Gasteiger partial charge in [0.05, 0.1) is 22.3 Å². The molecule has 1 amide bonds. The van der Waals surface area contributed by atoms with E-state index in [2.05, 4.69) is 10.1 Å². The largest absolute Gasteiger partial charge is 0.450 e. The molecule has 0 aliphatic rings. The normalized spacial score (nSPS) is 9.87. The Bertz CT molecular complexity index is 361. The standard InChI is InChI=1S/C9H8Cl2FNO2/c1-2-15-9(14)13-8-6(10)3-5(12)4-7(8)11/h3-4H,2H2,1H3,(H,13,14). The molecule has 0 spiro atoms. The Hall–Kier alpha value is -1.00. The van der Waals surface area contributed by atoms with Gasteiger partial charge in [-0.25, -0.2) is 9.18 Å². The Labute approximate surface area is 96.1 Å². The third-order valence-electron chi connectivity index (χ3n) is 1.51. The summed E-state index contributed by atoms with van der Waals surface area (Å²) in [6, 6.07) is 2.10. The number of carbonyl (C=O) groups excluding carboxylic acids is 1. The van der Waals surface area contributed by atoms with E-state index in [0.29, 0.717) is 0 Å². The van der Waals surface area contributed by atoms with E-state index in [4.69, 9.17) is 23.2 Å². The first kappa shape index (κ1) is 12.1. The molecule has 0 fully saturated rings. The topological polar surface area (TPSA) is 38.3 Å². The van der Waals surface area contributed by atoms with Crippen LogP contribution in [0.15, 0.2) is 12.1 Å². The minimum atomic E-state index is -0.687. The van der Waals surface area contributed by atoms with E-state index >= 15 is 0 Å². The van der Waals surface area contributed by atoms with E-state index in [9.17, 15) is 9.18 Å². The van der Waals surface area contributed by atoms with Gasteiger partial charge in [-0.2, -0.15) is 0 Å². The molecule has 0 aromatic heterocycles. The zero-order chi connectivity index (χ0) is 11.4. The van der Waals surface area contributed by atoms with E-state index in [1.54, 1.807) is 6.92 Å². The van der Waals surface area contributed by atoms with Gasteiger partial charge < -0.3 is 4.74 Å². The fourth-order valence-electron chi connectivity index (χ4n) is 0.931. The number of hydrogen-bond acceptors (Lipinski definition) is 2. The average Bonchev–Trinajstić information content (AvgIpc) is 2.11. The summed E-state index contributed by atoms with van der Waals surface area (Å²) >= 11 is 11.4. The molecule has 0 aliphatic heterocycles. The van der Waals surface area contributed by atoms with Crippen LogP contribution in [-0.2, 0) is 4.74 Å². The first-order valence-electron chi connectivity index (χ1n) is 4.13. The summed E-state index contributed by atoms with van der Waals surface area (Å²) < 4.78 is 17.4. The molecule has 0 heterocycles. The fourth-order valence-corrected chi connectivity index (χ4v) is 1.49. The van der Waals surface area contributed by atoms with Crippen molar-refractivity contribution in [3.63, 3.8) is 0 Å². The van der Waals surface area contributed by atoms with Gasteiger partial charge in [0.1, 0.15) is 5.82 Å². The Morgan fingerprint density at radius 2 is 2.00 bits per heavy atom. The lowest BCUT2D eigenvalue weighted by Gasteiger charge is -2.08. The molecule has 0 atom stereocenters. The quantitative estimate of drug-likeness (QED) is 0.871. The van der Waals surface area contributed by atoms with Crippen molar-refractivity contribution in [2.45, 2.75) is 6.92 Å². The highest BCUT2D eigenvalue weighted by Gasteiger charge is 2.11. The van der Waals surface area contributed by atoms with Gasteiger partial charge in [0.2, 0.25) is 0 Å². The second-order valence-electron chi connectivity index (χ2n) is 2.59. The second kappa shape index (κ2) is 5.19. The number of halogens is 3. The van der Waals surface area contributed by atoms with Gasteiger partial charge in [-0.05, 0) is 19.1 Å². The van der Waals surface area contributed by atoms with Crippen LogP contribution in [0.4, 0.5) is 14.9 Å². The summed E-state index contributed by atoms with van der Waals surface area (Å²) in [5.41, 5.74) is 0.137. The predicted octanol–water partition coefficient (Wildman–Crippen LogP) is 3.70. The van der Waals surface area contributed by atoms with Gasteiger partial charge in [-0.1, -0.05) is 23.2 Å². The first-order chi connectivity index (χ1) is 7.04. The van der Waals surface area contributed by atoms with Crippen molar-refractivity contribution in [3.8, 4) is 0 Å². The lowest BCUT2D eigenvalue weighted by atomic mass is 10.3. The van der Waals surface area contributed by atoms with Crippen LogP contribution in [0.25, 0.3) is 0 Å². The maximum Gasteiger partial charge on any atom is 0.411 e. The number of benzene rings is 1. The molecule has 0 saturated heterocycles. The molecule has 3 nitrogen and oxygen atoms in total. The van der Waals surface area contributed by atoms with Crippen LogP contribution in [-0.4, -0.2) is 12.7 Å².